The SMILES string of the molecule is C[C@H](CCC12CC3CC(CC(C3)C1)C2)C(=O)N(C)[C@@H](C)[C@H](O)c1ccccc1. The summed E-state index contributed by atoms with van der Waals surface area (Å²) in [5.41, 5.74) is 1.41. The first kappa shape index (κ1) is 19.9. The number of nitrogens with zero attached hydrogens (tertiary/aromatic N) is 1. The van der Waals surface area contributed by atoms with E-state index in [9.17, 15) is 9.90 Å². The van der Waals surface area contributed by atoms with Gasteiger partial charge in [0.1, 0.15) is 0 Å². The number of aliphatic hydroxyl groups excluding tert-OH is 1. The molecule has 3 atom stereocenters. The lowest BCUT2D eigenvalue weighted by atomic mass is 9.48. The van der Waals surface area contributed by atoms with Gasteiger partial charge in [-0.3, -0.25) is 4.79 Å². The molecule has 4 fully saturated rings. The van der Waals surface area contributed by atoms with Gasteiger partial charge >= 0.3 is 0 Å². The average molecular weight is 384 g/mol. The van der Waals surface area contributed by atoms with E-state index >= 15 is 0 Å². The summed E-state index contributed by atoms with van der Waals surface area (Å²) >= 11 is 0. The Hall–Kier alpha value is -1.35. The molecule has 1 N–H and O–H groups in total. The first-order valence-corrected chi connectivity index (χ1v) is 11.4. The number of aliphatic hydroxyl groups is 1. The number of rotatable bonds is 7. The van der Waals surface area contributed by atoms with Crippen molar-refractivity contribution < 1.29 is 9.90 Å². The number of likely N-dealkylation sites (N-methyl/N-ethyl adjacent to an activating group) is 1. The van der Waals surface area contributed by atoms with Crippen molar-refractivity contribution in [2.45, 2.75) is 77.4 Å². The predicted octanol–water partition coefficient (Wildman–Crippen LogP) is 5.20. The summed E-state index contributed by atoms with van der Waals surface area (Å²) < 4.78 is 0. The Bertz CT molecular complexity index is 650. The molecular weight excluding hydrogens is 346 g/mol. The van der Waals surface area contributed by atoms with Crippen LogP contribution < -0.4 is 0 Å². The lowest BCUT2D eigenvalue weighted by Gasteiger charge is -2.57. The monoisotopic (exact) mass is 383 g/mol. The maximum atomic E-state index is 13.1. The highest BCUT2D eigenvalue weighted by atomic mass is 16.3. The number of carbonyl (C=O) groups is 1. The zero-order chi connectivity index (χ0) is 19.9. The van der Waals surface area contributed by atoms with E-state index in [-0.39, 0.29) is 17.9 Å². The maximum absolute atomic E-state index is 13.1. The smallest absolute Gasteiger partial charge is 0.225 e. The molecule has 4 saturated carbocycles. The quantitative estimate of drug-likeness (QED) is 0.703. The minimum absolute atomic E-state index is 0.0310. The highest BCUT2D eigenvalue weighted by Crippen LogP contribution is 2.61. The van der Waals surface area contributed by atoms with Crippen LogP contribution in [0.25, 0.3) is 0 Å². The molecule has 0 unspecified atom stereocenters. The Balaban J connectivity index is 1.33. The van der Waals surface area contributed by atoms with Crippen molar-refractivity contribution in [3.63, 3.8) is 0 Å². The molecule has 4 bridgehead atoms. The molecule has 0 aliphatic heterocycles. The van der Waals surface area contributed by atoms with E-state index in [1.165, 1.54) is 44.9 Å². The summed E-state index contributed by atoms with van der Waals surface area (Å²) in [4.78, 5) is 14.8. The lowest BCUT2D eigenvalue weighted by Crippen LogP contribution is -2.46. The molecule has 3 nitrogen and oxygen atoms in total. The third-order valence-corrected chi connectivity index (χ3v) is 8.25. The predicted molar refractivity (Wildman–Crippen MR) is 113 cm³/mol. The number of benzene rings is 1. The van der Waals surface area contributed by atoms with Crippen LogP contribution in [0.2, 0.25) is 0 Å². The molecule has 3 heteroatoms. The van der Waals surface area contributed by atoms with E-state index in [2.05, 4.69) is 6.92 Å². The topological polar surface area (TPSA) is 40.5 Å². The van der Waals surface area contributed by atoms with Crippen molar-refractivity contribution >= 4 is 5.91 Å². The molecule has 0 spiro atoms. The molecule has 0 aromatic heterocycles. The van der Waals surface area contributed by atoms with E-state index in [0.717, 1.165) is 29.7 Å². The average Bonchev–Trinajstić information content (AvgIpc) is 2.69. The molecule has 1 aromatic rings. The number of hydrogen-bond acceptors (Lipinski definition) is 2. The molecule has 5 rings (SSSR count). The summed E-state index contributed by atoms with van der Waals surface area (Å²) in [6, 6.07) is 9.44. The van der Waals surface area contributed by atoms with Crippen molar-refractivity contribution in [3.8, 4) is 0 Å². The number of carbonyl (C=O) groups excluding carboxylic acids is 1. The van der Waals surface area contributed by atoms with Gasteiger partial charge in [0.05, 0.1) is 12.1 Å². The van der Waals surface area contributed by atoms with Crippen molar-refractivity contribution in [2.75, 3.05) is 7.05 Å². The van der Waals surface area contributed by atoms with Gasteiger partial charge in [0.2, 0.25) is 5.91 Å². The van der Waals surface area contributed by atoms with Gasteiger partial charge in [0.15, 0.2) is 0 Å². The molecule has 28 heavy (non-hydrogen) atoms. The number of amides is 1. The minimum atomic E-state index is -0.648. The van der Waals surface area contributed by atoms with Gasteiger partial charge in [-0.2, -0.15) is 0 Å². The standard InChI is InChI=1S/C25H37NO2/c1-17(9-10-25-14-19-11-20(15-25)13-21(12-19)16-25)24(28)26(3)18(2)23(27)22-7-5-4-6-8-22/h4-8,17-21,23,27H,9-16H2,1-3H3/t17-,18+,19?,20?,21?,23+,25?/m1/s1. The van der Waals surface area contributed by atoms with Crippen LogP contribution in [-0.4, -0.2) is 29.0 Å². The van der Waals surface area contributed by atoms with Crippen LogP contribution in [0.1, 0.15) is 76.9 Å². The van der Waals surface area contributed by atoms with E-state index < -0.39 is 6.10 Å². The first-order valence-electron chi connectivity index (χ1n) is 11.4. The van der Waals surface area contributed by atoms with Gasteiger partial charge in [-0.1, -0.05) is 37.3 Å². The van der Waals surface area contributed by atoms with E-state index in [1.54, 1.807) is 4.90 Å². The van der Waals surface area contributed by atoms with Crippen molar-refractivity contribution in [2.24, 2.45) is 29.1 Å². The van der Waals surface area contributed by atoms with E-state index in [4.69, 9.17) is 0 Å². The highest BCUT2D eigenvalue weighted by Gasteiger charge is 2.50. The molecule has 1 aromatic carbocycles. The summed E-state index contributed by atoms with van der Waals surface area (Å²) in [7, 11) is 1.85. The van der Waals surface area contributed by atoms with Gasteiger partial charge in [-0.05, 0) is 87.0 Å². The van der Waals surface area contributed by atoms with Crippen LogP contribution in [-0.2, 0) is 4.79 Å². The normalized spacial score (nSPS) is 34.1. The Morgan fingerprint density at radius 1 is 1.07 bits per heavy atom. The Morgan fingerprint density at radius 3 is 2.14 bits per heavy atom. The van der Waals surface area contributed by atoms with E-state index in [0.29, 0.717) is 5.41 Å². The van der Waals surface area contributed by atoms with Crippen LogP contribution in [0.5, 0.6) is 0 Å². The van der Waals surface area contributed by atoms with Crippen LogP contribution >= 0.6 is 0 Å². The second kappa shape index (κ2) is 7.82. The van der Waals surface area contributed by atoms with Crippen LogP contribution in [0.4, 0.5) is 0 Å². The Morgan fingerprint density at radius 2 is 1.61 bits per heavy atom. The molecule has 154 valence electrons. The molecule has 0 radical (unpaired) electrons. The second-order valence-corrected chi connectivity index (χ2v) is 10.4. The molecule has 4 aliphatic rings. The van der Waals surface area contributed by atoms with Gasteiger partial charge in [0.25, 0.3) is 0 Å². The summed E-state index contributed by atoms with van der Waals surface area (Å²) in [5, 5.41) is 10.7. The number of hydrogen-bond donors (Lipinski definition) is 1. The van der Waals surface area contributed by atoms with Crippen LogP contribution in [0.3, 0.4) is 0 Å². The third-order valence-electron chi connectivity index (χ3n) is 8.25. The zero-order valence-corrected chi connectivity index (χ0v) is 17.8. The molecule has 0 saturated heterocycles. The van der Waals surface area contributed by atoms with Gasteiger partial charge < -0.3 is 10.0 Å². The highest BCUT2D eigenvalue weighted by molar-refractivity contribution is 5.78. The summed E-state index contributed by atoms with van der Waals surface area (Å²) in [6.07, 6.45) is 10.2. The fraction of sp³-hybridized carbons (Fsp3) is 0.720. The molecule has 0 heterocycles. The Labute approximate surface area is 170 Å². The van der Waals surface area contributed by atoms with E-state index in [1.807, 2.05) is 44.3 Å². The van der Waals surface area contributed by atoms with Crippen LogP contribution in [0.15, 0.2) is 30.3 Å². The molecule has 4 aliphatic carbocycles. The fourth-order valence-corrected chi connectivity index (χ4v) is 6.93. The van der Waals surface area contributed by atoms with Crippen molar-refractivity contribution in [1.29, 1.82) is 0 Å². The van der Waals surface area contributed by atoms with Gasteiger partial charge in [-0.15, -0.1) is 0 Å². The summed E-state index contributed by atoms with van der Waals surface area (Å²) in [5.74, 6) is 3.12. The largest absolute Gasteiger partial charge is 0.386 e. The zero-order valence-electron chi connectivity index (χ0n) is 17.8. The first-order chi connectivity index (χ1) is 13.4. The molecular formula is C25H37NO2. The summed E-state index contributed by atoms with van der Waals surface area (Å²) in [6.45, 7) is 4.03. The maximum Gasteiger partial charge on any atom is 0.225 e. The third kappa shape index (κ3) is 3.87. The second-order valence-electron chi connectivity index (χ2n) is 10.4. The Kier molecular flexibility index (Phi) is 5.57. The minimum Gasteiger partial charge on any atom is -0.386 e. The van der Waals surface area contributed by atoms with Crippen molar-refractivity contribution in [3.05, 3.63) is 35.9 Å². The van der Waals surface area contributed by atoms with Gasteiger partial charge in [0, 0.05) is 13.0 Å². The van der Waals surface area contributed by atoms with Gasteiger partial charge in [-0.25, -0.2) is 0 Å². The lowest BCUT2D eigenvalue weighted by molar-refractivity contribution is -0.138. The molecule has 1 amide bonds. The van der Waals surface area contributed by atoms with Crippen molar-refractivity contribution in [1.82, 2.24) is 4.90 Å². The van der Waals surface area contributed by atoms with Crippen LogP contribution in [0, 0.1) is 29.1 Å². The fourth-order valence-electron chi connectivity index (χ4n) is 6.93.